The predicted octanol–water partition coefficient (Wildman–Crippen LogP) is 2.77. The van der Waals surface area contributed by atoms with Crippen molar-refractivity contribution in [3.63, 3.8) is 0 Å². The normalized spacial score (nSPS) is 15.2. The van der Waals surface area contributed by atoms with Crippen molar-refractivity contribution >= 4 is 0 Å². The van der Waals surface area contributed by atoms with Gasteiger partial charge in [-0.3, -0.25) is 0 Å². The minimum atomic E-state index is 0.634. The Balaban J connectivity index is 2.09. The Labute approximate surface area is 109 Å². The summed E-state index contributed by atoms with van der Waals surface area (Å²) in [5.41, 5.74) is 6.81. The van der Waals surface area contributed by atoms with Crippen molar-refractivity contribution in [2.24, 2.45) is 11.7 Å². The van der Waals surface area contributed by atoms with Crippen LogP contribution in [0.4, 0.5) is 0 Å². The Morgan fingerprint density at radius 2 is 2.11 bits per heavy atom. The average molecular weight is 249 g/mol. The summed E-state index contributed by atoms with van der Waals surface area (Å²) in [6.45, 7) is 4.09. The lowest BCUT2D eigenvalue weighted by molar-refractivity contribution is 0.173. The first kappa shape index (κ1) is 13.2. The van der Waals surface area contributed by atoms with Crippen molar-refractivity contribution in [3.05, 3.63) is 23.8 Å². The van der Waals surface area contributed by atoms with Crippen molar-refractivity contribution < 1.29 is 9.47 Å². The fourth-order valence-electron chi connectivity index (χ4n) is 2.21. The minimum absolute atomic E-state index is 0.634. The van der Waals surface area contributed by atoms with Crippen molar-refractivity contribution in [2.75, 3.05) is 19.8 Å². The molecule has 3 nitrogen and oxygen atoms in total. The third-order valence-corrected chi connectivity index (χ3v) is 3.46. The molecule has 0 atom stereocenters. The van der Waals surface area contributed by atoms with Gasteiger partial charge in [-0.25, -0.2) is 0 Å². The van der Waals surface area contributed by atoms with Crippen molar-refractivity contribution in [1.29, 1.82) is 0 Å². The molecule has 0 heterocycles. The number of benzene rings is 1. The van der Waals surface area contributed by atoms with Gasteiger partial charge in [-0.2, -0.15) is 0 Å². The Bertz CT molecular complexity index is 351. The van der Waals surface area contributed by atoms with Crippen molar-refractivity contribution in [2.45, 2.75) is 32.6 Å². The highest BCUT2D eigenvalue weighted by Crippen LogP contribution is 2.34. The lowest BCUT2D eigenvalue weighted by Crippen LogP contribution is -2.20. The van der Waals surface area contributed by atoms with E-state index in [1.54, 1.807) is 0 Å². The van der Waals surface area contributed by atoms with E-state index in [-0.39, 0.29) is 0 Å². The van der Waals surface area contributed by atoms with E-state index < -0.39 is 0 Å². The van der Waals surface area contributed by atoms with E-state index >= 15 is 0 Å². The topological polar surface area (TPSA) is 44.5 Å². The number of ether oxygens (including phenoxy) is 2. The highest BCUT2D eigenvalue weighted by Gasteiger charge is 2.19. The third kappa shape index (κ3) is 3.16. The smallest absolute Gasteiger partial charge is 0.164 e. The van der Waals surface area contributed by atoms with Crippen LogP contribution in [0.5, 0.6) is 11.5 Å². The Morgan fingerprint density at radius 1 is 1.28 bits per heavy atom. The molecule has 100 valence electrons. The molecule has 0 spiro atoms. The molecule has 1 aliphatic carbocycles. The summed E-state index contributed by atoms with van der Waals surface area (Å²) in [6, 6.07) is 6.05. The predicted molar refractivity (Wildman–Crippen MR) is 73.2 cm³/mol. The number of hydrogen-bond donors (Lipinski definition) is 1. The van der Waals surface area contributed by atoms with Gasteiger partial charge >= 0.3 is 0 Å². The van der Waals surface area contributed by atoms with Gasteiger partial charge in [-0.05, 0) is 50.3 Å². The number of nitrogens with two attached hydrogens (primary N) is 1. The molecule has 0 amide bonds. The van der Waals surface area contributed by atoms with Crippen LogP contribution in [-0.4, -0.2) is 19.8 Å². The van der Waals surface area contributed by atoms with Crippen LogP contribution in [0.15, 0.2) is 18.2 Å². The molecule has 0 unspecified atom stereocenters. The molecule has 0 bridgehead atoms. The Kier molecular flexibility index (Phi) is 4.88. The second-order valence-electron chi connectivity index (χ2n) is 4.82. The van der Waals surface area contributed by atoms with Crippen LogP contribution in [0.2, 0.25) is 0 Å². The molecule has 0 aromatic heterocycles. The maximum atomic E-state index is 6.00. The van der Waals surface area contributed by atoms with Gasteiger partial charge in [0.1, 0.15) is 0 Å². The molecule has 1 aliphatic rings. The highest BCUT2D eigenvalue weighted by molar-refractivity contribution is 5.46. The lowest BCUT2D eigenvalue weighted by Gasteiger charge is -2.26. The number of para-hydroxylation sites is 1. The van der Waals surface area contributed by atoms with E-state index in [0.717, 1.165) is 36.0 Å². The third-order valence-electron chi connectivity index (χ3n) is 3.46. The summed E-state index contributed by atoms with van der Waals surface area (Å²) in [6.07, 6.45) is 4.77. The number of hydrogen-bond acceptors (Lipinski definition) is 3. The van der Waals surface area contributed by atoms with Crippen molar-refractivity contribution in [1.82, 2.24) is 0 Å². The monoisotopic (exact) mass is 249 g/mol. The molecular weight excluding hydrogens is 226 g/mol. The second kappa shape index (κ2) is 6.64. The summed E-state index contributed by atoms with van der Waals surface area (Å²) in [5.74, 6) is 2.48. The van der Waals surface area contributed by atoms with E-state index in [1.165, 1.54) is 19.3 Å². The van der Waals surface area contributed by atoms with Crippen molar-refractivity contribution in [3.8, 4) is 11.5 Å². The van der Waals surface area contributed by atoms with Gasteiger partial charge in [-0.15, -0.1) is 0 Å². The average Bonchev–Trinajstić information content (AvgIpc) is 2.31. The highest BCUT2D eigenvalue weighted by atomic mass is 16.5. The Hall–Kier alpha value is -1.22. The molecule has 18 heavy (non-hydrogen) atoms. The fourth-order valence-corrected chi connectivity index (χ4v) is 2.21. The van der Waals surface area contributed by atoms with E-state index in [1.807, 2.05) is 19.1 Å². The van der Waals surface area contributed by atoms with E-state index in [0.29, 0.717) is 13.2 Å². The molecule has 1 aromatic carbocycles. The molecule has 3 heteroatoms. The summed E-state index contributed by atoms with van der Waals surface area (Å²) in [5, 5.41) is 0. The molecule has 1 saturated carbocycles. The zero-order chi connectivity index (χ0) is 12.8. The van der Waals surface area contributed by atoms with Crippen LogP contribution >= 0.6 is 0 Å². The summed E-state index contributed by atoms with van der Waals surface area (Å²) < 4.78 is 11.6. The lowest BCUT2D eigenvalue weighted by atomic mass is 9.86. The zero-order valence-corrected chi connectivity index (χ0v) is 11.2. The maximum Gasteiger partial charge on any atom is 0.164 e. The molecule has 1 fully saturated rings. The molecular formula is C15H23NO2. The minimum Gasteiger partial charge on any atom is -0.490 e. The molecule has 2 N–H and O–H groups in total. The summed E-state index contributed by atoms with van der Waals surface area (Å²) >= 11 is 0. The maximum absolute atomic E-state index is 6.00. The van der Waals surface area contributed by atoms with Gasteiger partial charge in [0.15, 0.2) is 11.5 Å². The molecule has 0 saturated heterocycles. The van der Waals surface area contributed by atoms with Crippen LogP contribution in [-0.2, 0) is 6.42 Å². The summed E-state index contributed by atoms with van der Waals surface area (Å²) in [7, 11) is 0. The van der Waals surface area contributed by atoms with E-state index in [9.17, 15) is 0 Å². The standard InChI is InChI=1S/C15H23NO2/c1-2-17-14-8-4-7-13(9-10-16)15(14)18-11-12-5-3-6-12/h4,7-8,12H,2-3,5-6,9-11,16H2,1H3. The molecule has 0 radical (unpaired) electrons. The number of rotatable bonds is 7. The largest absolute Gasteiger partial charge is 0.490 e. The summed E-state index contributed by atoms with van der Waals surface area (Å²) in [4.78, 5) is 0. The van der Waals surface area contributed by atoms with Gasteiger partial charge in [0.25, 0.3) is 0 Å². The molecule has 0 aliphatic heterocycles. The first-order chi connectivity index (χ1) is 8.85. The van der Waals surface area contributed by atoms with Gasteiger partial charge in [0.05, 0.1) is 13.2 Å². The molecule has 1 aromatic rings. The van der Waals surface area contributed by atoms with Gasteiger partial charge in [0, 0.05) is 0 Å². The van der Waals surface area contributed by atoms with Crippen LogP contribution in [0.1, 0.15) is 31.7 Å². The van der Waals surface area contributed by atoms with Crippen LogP contribution in [0.25, 0.3) is 0 Å². The van der Waals surface area contributed by atoms with Gasteiger partial charge < -0.3 is 15.2 Å². The fraction of sp³-hybridized carbons (Fsp3) is 0.600. The van der Waals surface area contributed by atoms with E-state index in [2.05, 4.69) is 6.07 Å². The van der Waals surface area contributed by atoms with Crippen LogP contribution < -0.4 is 15.2 Å². The SMILES string of the molecule is CCOc1cccc(CCN)c1OCC1CCC1. The first-order valence-electron chi connectivity index (χ1n) is 6.92. The molecule has 2 rings (SSSR count). The second-order valence-corrected chi connectivity index (χ2v) is 4.82. The van der Waals surface area contributed by atoms with Gasteiger partial charge in [0.2, 0.25) is 0 Å². The van der Waals surface area contributed by atoms with Crippen LogP contribution in [0, 0.1) is 5.92 Å². The quantitative estimate of drug-likeness (QED) is 0.808. The van der Waals surface area contributed by atoms with Gasteiger partial charge in [-0.1, -0.05) is 18.6 Å². The zero-order valence-electron chi connectivity index (χ0n) is 11.2. The van der Waals surface area contributed by atoms with E-state index in [4.69, 9.17) is 15.2 Å². The first-order valence-corrected chi connectivity index (χ1v) is 6.92. The van der Waals surface area contributed by atoms with Crippen LogP contribution in [0.3, 0.4) is 0 Å². The Morgan fingerprint density at radius 3 is 2.72 bits per heavy atom.